The van der Waals surface area contributed by atoms with E-state index in [1.165, 1.54) is 12.8 Å². The summed E-state index contributed by atoms with van der Waals surface area (Å²) in [5.74, 6) is 0.172. The van der Waals surface area contributed by atoms with Crippen molar-refractivity contribution in [2.45, 2.75) is 58.5 Å². The number of hydrogen-bond acceptors (Lipinski definition) is 4. The second-order valence-electron chi connectivity index (χ2n) is 6.04. The minimum atomic E-state index is -0.0215. The third-order valence-corrected chi connectivity index (χ3v) is 4.62. The molecule has 0 aromatic carbocycles. The van der Waals surface area contributed by atoms with Gasteiger partial charge >= 0.3 is 0 Å². The Bertz CT molecular complexity index is 286. The van der Waals surface area contributed by atoms with Crippen LogP contribution in [-0.4, -0.2) is 67.1 Å². The van der Waals surface area contributed by atoms with Crippen LogP contribution in [0.25, 0.3) is 0 Å². The zero-order valence-corrected chi connectivity index (χ0v) is 14.1. The fraction of sp³-hybridized carbons (Fsp3) is 0.938. The van der Waals surface area contributed by atoms with E-state index in [1.54, 1.807) is 0 Å². The van der Waals surface area contributed by atoms with Crippen LogP contribution in [0.1, 0.15) is 46.5 Å². The van der Waals surface area contributed by atoms with E-state index in [0.29, 0.717) is 6.04 Å². The summed E-state index contributed by atoms with van der Waals surface area (Å²) in [6.45, 7) is 11.9. The SMILES string of the molecule is CCCCCNC(=O)C(C)N1CCN(C(CC)CN)CC1. The van der Waals surface area contributed by atoms with Crippen molar-refractivity contribution in [2.24, 2.45) is 5.73 Å². The zero-order valence-electron chi connectivity index (χ0n) is 14.1. The van der Waals surface area contributed by atoms with Gasteiger partial charge < -0.3 is 11.1 Å². The highest BCUT2D eigenvalue weighted by atomic mass is 16.2. The molecule has 124 valence electrons. The Labute approximate surface area is 130 Å². The second kappa shape index (κ2) is 10.1. The molecule has 21 heavy (non-hydrogen) atoms. The number of amides is 1. The molecule has 0 aromatic rings. The van der Waals surface area contributed by atoms with Crippen LogP contribution < -0.4 is 11.1 Å². The molecule has 0 saturated carbocycles. The average Bonchev–Trinajstić information content (AvgIpc) is 2.52. The Hall–Kier alpha value is -0.650. The molecule has 1 aliphatic heterocycles. The van der Waals surface area contributed by atoms with E-state index in [4.69, 9.17) is 5.73 Å². The van der Waals surface area contributed by atoms with Crippen LogP contribution in [0.15, 0.2) is 0 Å². The highest BCUT2D eigenvalue weighted by Gasteiger charge is 2.27. The molecular weight excluding hydrogens is 264 g/mol. The van der Waals surface area contributed by atoms with Gasteiger partial charge in [-0.1, -0.05) is 26.7 Å². The van der Waals surface area contributed by atoms with Gasteiger partial charge in [0.15, 0.2) is 0 Å². The van der Waals surface area contributed by atoms with Crippen molar-refractivity contribution in [2.75, 3.05) is 39.3 Å². The van der Waals surface area contributed by atoms with Gasteiger partial charge in [0, 0.05) is 45.3 Å². The van der Waals surface area contributed by atoms with Crippen molar-refractivity contribution in [1.82, 2.24) is 15.1 Å². The van der Waals surface area contributed by atoms with Crippen LogP contribution in [0.4, 0.5) is 0 Å². The molecule has 2 atom stereocenters. The first-order valence-corrected chi connectivity index (χ1v) is 8.59. The summed E-state index contributed by atoms with van der Waals surface area (Å²) in [7, 11) is 0. The predicted molar refractivity (Wildman–Crippen MR) is 88.3 cm³/mol. The fourth-order valence-corrected chi connectivity index (χ4v) is 2.96. The molecule has 5 heteroatoms. The van der Waals surface area contributed by atoms with Gasteiger partial charge in [0.1, 0.15) is 0 Å². The smallest absolute Gasteiger partial charge is 0.237 e. The summed E-state index contributed by atoms with van der Waals surface area (Å²) in [6, 6.07) is 0.469. The molecule has 0 radical (unpaired) electrons. The van der Waals surface area contributed by atoms with Crippen molar-refractivity contribution < 1.29 is 4.79 Å². The number of piperazine rings is 1. The van der Waals surface area contributed by atoms with Gasteiger partial charge in [0.05, 0.1) is 6.04 Å². The molecule has 1 heterocycles. The number of nitrogens with zero attached hydrogens (tertiary/aromatic N) is 2. The molecule has 0 aliphatic carbocycles. The summed E-state index contributed by atoms with van der Waals surface area (Å²) in [4.78, 5) is 16.9. The minimum absolute atomic E-state index is 0.0215. The van der Waals surface area contributed by atoms with E-state index in [-0.39, 0.29) is 11.9 Å². The molecule has 1 saturated heterocycles. The lowest BCUT2D eigenvalue weighted by Crippen LogP contribution is -2.56. The zero-order chi connectivity index (χ0) is 15.7. The lowest BCUT2D eigenvalue weighted by molar-refractivity contribution is -0.126. The summed E-state index contributed by atoms with van der Waals surface area (Å²) in [5.41, 5.74) is 5.82. The molecule has 1 fully saturated rings. The highest BCUT2D eigenvalue weighted by Crippen LogP contribution is 2.11. The first-order valence-electron chi connectivity index (χ1n) is 8.59. The van der Waals surface area contributed by atoms with Crippen LogP contribution in [0.3, 0.4) is 0 Å². The number of rotatable bonds is 9. The standard InChI is InChI=1S/C16H34N4O/c1-4-6-7-8-18-16(21)14(3)19-9-11-20(12-10-19)15(5-2)13-17/h14-15H,4-13,17H2,1-3H3,(H,18,21). The second-order valence-corrected chi connectivity index (χ2v) is 6.04. The largest absolute Gasteiger partial charge is 0.355 e. The maximum atomic E-state index is 12.1. The lowest BCUT2D eigenvalue weighted by atomic mass is 10.1. The summed E-state index contributed by atoms with van der Waals surface area (Å²) < 4.78 is 0. The predicted octanol–water partition coefficient (Wildman–Crippen LogP) is 1.04. The number of carbonyl (C=O) groups is 1. The first kappa shape index (κ1) is 18.4. The summed E-state index contributed by atoms with van der Waals surface area (Å²) >= 11 is 0. The molecule has 2 unspecified atom stereocenters. The summed E-state index contributed by atoms with van der Waals surface area (Å²) in [6.07, 6.45) is 4.55. The fourth-order valence-electron chi connectivity index (χ4n) is 2.96. The molecule has 1 aliphatic rings. The van der Waals surface area contributed by atoms with E-state index in [2.05, 4.69) is 29.0 Å². The molecule has 1 rings (SSSR count). The van der Waals surface area contributed by atoms with Crippen LogP contribution in [0, 0.1) is 0 Å². The third-order valence-electron chi connectivity index (χ3n) is 4.62. The molecule has 0 bridgehead atoms. The quantitative estimate of drug-likeness (QED) is 0.624. The van der Waals surface area contributed by atoms with Crippen molar-refractivity contribution in [3.63, 3.8) is 0 Å². The van der Waals surface area contributed by atoms with E-state index in [9.17, 15) is 4.79 Å². The van der Waals surface area contributed by atoms with Gasteiger partial charge in [0.2, 0.25) is 5.91 Å². The Kier molecular flexibility index (Phi) is 8.88. The van der Waals surface area contributed by atoms with E-state index in [0.717, 1.165) is 52.1 Å². The van der Waals surface area contributed by atoms with Crippen LogP contribution >= 0.6 is 0 Å². The van der Waals surface area contributed by atoms with Crippen molar-refractivity contribution in [1.29, 1.82) is 0 Å². The van der Waals surface area contributed by atoms with Crippen molar-refractivity contribution in [3.8, 4) is 0 Å². The monoisotopic (exact) mass is 298 g/mol. The number of hydrogen-bond donors (Lipinski definition) is 2. The van der Waals surface area contributed by atoms with E-state index >= 15 is 0 Å². The average molecular weight is 298 g/mol. The van der Waals surface area contributed by atoms with Gasteiger partial charge in [-0.25, -0.2) is 0 Å². The summed E-state index contributed by atoms with van der Waals surface area (Å²) in [5, 5.41) is 3.06. The lowest BCUT2D eigenvalue weighted by Gasteiger charge is -2.40. The van der Waals surface area contributed by atoms with Crippen LogP contribution in [0.5, 0.6) is 0 Å². The van der Waals surface area contributed by atoms with E-state index in [1.807, 2.05) is 6.92 Å². The number of carbonyl (C=O) groups excluding carboxylic acids is 1. The van der Waals surface area contributed by atoms with Gasteiger partial charge in [-0.05, 0) is 19.8 Å². The van der Waals surface area contributed by atoms with Crippen molar-refractivity contribution in [3.05, 3.63) is 0 Å². The van der Waals surface area contributed by atoms with Crippen molar-refractivity contribution >= 4 is 5.91 Å². The van der Waals surface area contributed by atoms with Gasteiger partial charge in [-0.2, -0.15) is 0 Å². The van der Waals surface area contributed by atoms with Gasteiger partial charge in [-0.3, -0.25) is 14.6 Å². The minimum Gasteiger partial charge on any atom is -0.355 e. The number of nitrogens with one attached hydrogen (secondary N) is 1. The maximum absolute atomic E-state index is 12.1. The highest BCUT2D eigenvalue weighted by molar-refractivity contribution is 5.81. The third kappa shape index (κ3) is 5.93. The number of nitrogens with two attached hydrogens (primary N) is 1. The Morgan fingerprint density at radius 3 is 2.29 bits per heavy atom. The molecule has 0 aromatic heterocycles. The van der Waals surface area contributed by atoms with Crippen LogP contribution in [0.2, 0.25) is 0 Å². The van der Waals surface area contributed by atoms with Gasteiger partial charge in [0.25, 0.3) is 0 Å². The molecular formula is C16H34N4O. The molecule has 0 spiro atoms. The Balaban J connectivity index is 2.30. The molecule has 3 N–H and O–H groups in total. The normalized spacial score (nSPS) is 20.2. The Morgan fingerprint density at radius 2 is 1.76 bits per heavy atom. The molecule has 1 amide bonds. The first-order chi connectivity index (χ1) is 10.1. The maximum Gasteiger partial charge on any atom is 0.237 e. The number of unbranched alkanes of at least 4 members (excludes halogenated alkanes) is 2. The topological polar surface area (TPSA) is 61.6 Å². The van der Waals surface area contributed by atoms with Crippen LogP contribution in [-0.2, 0) is 4.79 Å². The molecule has 5 nitrogen and oxygen atoms in total. The van der Waals surface area contributed by atoms with E-state index < -0.39 is 0 Å². The van der Waals surface area contributed by atoms with Gasteiger partial charge in [-0.15, -0.1) is 0 Å². The Morgan fingerprint density at radius 1 is 1.14 bits per heavy atom.